The molecule has 0 aliphatic carbocycles. The van der Waals surface area contributed by atoms with Crippen LogP contribution in [0.15, 0.2) is 53.4 Å². The summed E-state index contributed by atoms with van der Waals surface area (Å²) in [6, 6.07) is 13.4. The van der Waals surface area contributed by atoms with E-state index in [1.54, 1.807) is 31.2 Å². The summed E-state index contributed by atoms with van der Waals surface area (Å²) in [6.45, 7) is 7.18. The van der Waals surface area contributed by atoms with E-state index in [0.717, 1.165) is 19.6 Å². The van der Waals surface area contributed by atoms with E-state index in [2.05, 4.69) is 17.1 Å². The van der Waals surface area contributed by atoms with Crippen molar-refractivity contribution in [2.24, 2.45) is 0 Å². The van der Waals surface area contributed by atoms with Crippen LogP contribution in [0.1, 0.15) is 13.8 Å². The van der Waals surface area contributed by atoms with Crippen LogP contribution in [0.2, 0.25) is 0 Å². The fraction of sp³-hybridized carbons (Fsp3) is 0.409. The molecule has 2 unspecified atom stereocenters. The first-order valence-electron chi connectivity index (χ1n) is 10.4. The lowest BCUT2D eigenvalue weighted by Gasteiger charge is -2.33. The molecule has 2 atom stereocenters. The second-order valence-electron chi connectivity index (χ2n) is 7.66. The number of anilines is 1. The Balaban J connectivity index is 1.41. The van der Waals surface area contributed by atoms with Gasteiger partial charge in [0.2, 0.25) is 16.1 Å². The zero-order valence-corrected chi connectivity index (χ0v) is 18.5. The normalized spacial score (nSPS) is 22.1. The number of likely N-dealkylation sites (N-methyl/N-ethyl adjacent to an activating group) is 1. The molecular formula is C22H27N3O5S. The molecule has 2 aliphatic rings. The largest absolute Gasteiger partial charge is 0.482 e. The molecule has 0 bridgehead atoms. The molecule has 166 valence electrons. The maximum absolute atomic E-state index is 12.9. The standard InChI is InChI=1S/C22H27N3O5S/c1-3-24-12-14-25(15-13-24)31(27,28)18-10-8-17(9-11-18)23-22(26)21-16(2)29-19-6-4-5-7-20(19)30-21/h4-11,16,21H,3,12-15H2,1-2H3,(H,23,26). The van der Waals surface area contributed by atoms with Crippen LogP contribution in [-0.4, -0.2) is 68.5 Å². The van der Waals surface area contributed by atoms with E-state index in [0.29, 0.717) is 30.3 Å². The monoisotopic (exact) mass is 445 g/mol. The van der Waals surface area contributed by atoms with Crippen molar-refractivity contribution in [3.63, 3.8) is 0 Å². The van der Waals surface area contributed by atoms with Crippen LogP contribution in [-0.2, 0) is 14.8 Å². The Morgan fingerprint density at radius 3 is 2.23 bits per heavy atom. The molecule has 2 heterocycles. The minimum Gasteiger partial charge on any atom is -0.482 e. The number of carbonyl (C=O) groups excluding carboxylic acids is 1. The molecule has 9 heteroatoms. The highest BCUT2D eigenvalue weighted by molar-refractivity contribution is 7.89. The highest BCUT2D eigenvalue weighted by atomic mass is 32.2. The first kappa shape index (κ1) is 21.6. The van der Waals surface area contributed by atoms with Crippen LogP contribution in [0.4, 0.5) is 5.69 Å². The fourth-order valence-corrected chi connectivity index (χ4v) is 5.19. The number of nitrogens with zero attached hydrogens (tertiary/aromatic N) is 2. The molecule has 2 aromatic rings. The summed E-state index contributed by atoms with van der Waals surface area (Å²) in [5.74, 6) is 0.770. The van der Waals surface area contributed by atoms with E-state index in [1.165, 1.54) is 16.4 Å². The number of ether oxygens (including phenoxy) is 2. The number of rotatable bonds is 5. The van der Waals surface area contributed by atoms with Crippen LogP contribution in [0.25, 0.3) is 0 Å². The Morgan fingerprint density at radius 2 is 1.61 bits per heavy atom. The van der Waals surface area contributed by atoms with Crippen molar-refractivity contribution in [1.29, 1.82) is 0 Å². The van der Waals surface area contributed by atoms with Gasteiger partial charge in [-0.15, -0.1) is 0 Å². The van der Waals surface area contributed by atoms with E-state index in [4.69, 9.17) is 9.47 Å². The van der Waals surface area contributed by atoms with Crippen molar-refractivity contribution in [2.75, 3.05) is 38.0 Å². The van der Waals surface area contributed by atoms with Gasteiger partial charge in [-0.3, -0.25) is 4.79 Å². The topological polar surface area (TPSA) is 88.2 Å². The van der Waals surface area contributed by atoms with E-state index in [-0.39, 0.29) is 10.8 Å². The van der Waals surface area contributed by atoms with Gasteiger partial charge >= 0.3 is 0 Å². The van der Waals surface area contributed by atoms with E-state index in [9.17, 15) is 13.2 Å². The predicted octanol–water partition coefficient (Wildman–Crippen LogP) is 2.18. The second-order valence-corrected chi connectivity index (χ2v) is 9.60. The molecule has 1 saturated heterocycles. The van der Waals surface area contributed by atoms with E-state index in [1.807, 2.05) is 12.1 Å². The smallest absolute Gasteiger partial charge is 0.269 e. The predicted molar refractivity (Wildman–Crippen MR) is 117 cm³/mol. The number of benzene rings is 2. The lowest BCUT2D eigenvalue weighted by molar-refractivity contribution is -0.128. The molecule has 2 aliphatic heterocycles. The van der Waals surface area contributed by atoms with Gasteiger partial charge in [-0.2, -0.15) is 4.31 Å². The van der Waals surface area contributed by atoms with Crippen LogP contribution in [0.3, 0.4) is 0 Å². The van der Waals surface area contributed by atoms with Crippen LogP contribution < -0.4 is 14.8 Å². The molecule has 1 fully saturated rings. The molecule has 0 radical (unpaired) electrons. The summed E-state index contributed by atoms with van der Waals surface area (Å²) in [7, 11) is -3.55. The van der Waals surface area contributed by atoms with Crippen molar-refractivity contribution >= 4 is 21.6 Å². The Labute approximate surface area is 182 Å². The lowest BCUT2D eigenvalue weighted by Crippen LogP contribution is -2.48. The molecular weight excluding hydrogens is 418 g/mol. The molecule has 1 amide bonds. The Bertz CT molecular complexity index is 1030. The third-order valence-electron chi connectivity index (χ3n) is 5.64. The van der Waals surface area contributed by atoms with Crippen LogP contribution >= 0.6 is 0 Å². The zero-order valence-electron chi connectivity index (χ0n) is 17.7. The van der Waals surface area contributed by atoms with Crippen molar-refractivity contribution in [3.05, 3.63) is 48.5 Å². The van der Waals surface area contributed by atoms with Gasteiger partial charge in [0.25, 0.3) is 5.91 Å². The molecule has 4 rings (SSSR count). The van der Waals surface area contributed by atoms with Gasteiger partial charge in [0.05, 0.1) is 4.90 Å². The average molecular weight is 446 g/mol. The minimum atomic E-state index is -3.55. The average Bonchev–Trinajstić information content (AvgIpc) is 2.79. The highest BCUT2D eigenvalue weighted by Gasteiger charge is 2.34. The summed E-state index contributed by atoms with van der Waals surface area (Å²) in [6.07, 6.45) is -1.27. The molecule has 0 saturated carbocycles. The van der Waals surface area contributed by atoms with Gasteiger partial charge in [-0.05, 0) is 49.9 Å². The van der Waals surface area contributed by atoms with Gasteiger partial charge < -0.3 is 19.7 Å². The first-order valence-corrected chi connectivity index (χ1v) is 11.9. The third-order valence-corrected chi connectivity index (χ3v) is 7.55. The zero-order chi connectivity index (χ0) is 22.0. The van der Waals surface area contributed by atoms with Gasteiger partial charge in [0.1, 0.15) is 6.10 Å². The molecule has 1 N–H and O–H groups in total. The minimum absolute atomic E-state index is 0.218. The lowest BCUT2D eigenvalue weighted by atomic mass is 10.1. The Kier molecular flexibility index (Phi) is 6.17. The van der Waals surface area contributed by atoms with Crippen molar-refractivity contribution in [1.82, 2.24) is 9.21 Å². The van der Waals surface area contributed by atoms with Gasteiger partial charge in [0, 0.05) is 31.9 Å². The molecule has 8 nitrogen and oxygen atoms in total. The summed E-state index contributed by atoms with van der Waals surface area (Å²) in [5, 5.41) is 2.79. The number of amides is 1. The SMILES string of the molecule is CCN1CCN(S(=O)(=O)c2ccc(NC(=O)C3Oc4ccccc4OC3C)cc2)CC1. The van der Waals surface area contributed by atoms with Crippen LogP contribution in [0, 0.1) is 0 Å². The van der Waals surface area contributed by atoms with Crippen LogP contribution in [0.5, 0.6) is 11.5 Å². The Morgan fingerprint density at radius 1 is 1.00 bits per heavy atom. The maximum Gasteiger partial charge on any atom is 0.269 e. The quantitative estimate of drug-likeness (QED) is 0.759. The number of para-hydroxylation sites is 2. The van der Waals surface area contributed by atoms with Gasteiger partial charge in [0.15, 0.2) is 11.5 Å². The van der Waals surface area contributed by atoms with Gasteiger partial charge in [-0.25, -0.2) is 8.42 Å². The number of piperazine rings is 1. The van der Waals surface area contributed by atoms with E-state index >= 15 is 0 Å². The third kappa shape index (κ3) is 4.53. The number of hydrogen-bond donors (Lipinski definition) is 1. The van der Waals surface area contributed by atoms with Crippen molar-refractivity contribution in [2.45, 2.75) is 31.0 Å². The summed E-state index contributed by atoms with van der Waals surface area (Å²) >= 11 is 0. The van der Waals surface area contributed by atoms with E-state index < -0.39 is 22.2 Å². The molecule has 0 spiro atoms. The molecule has 31 heavy (non-hydrogen) atoms. The number of sulfonamides is 1. The summed E-state index contributed by atoms with van der Waals surface area (Å²) < 4.78 is 38.9. The van der Waals surface area contributed by atoms with Crippen molar-refractivity contribution in [3.8, 4) is 11.5 Å². The summed E-state index contributed by atoms with van der Waals surface area (Å²) in [4.78, 5) is 15.2. The second kappa shape index (κ2) is 8.86. The number of nitrogens with one attached hydrogen (secondary N) is 1. The first-order chi connectivity index (χ1) is 14.9. The summed E-state index contributed by atoms with van der Waals surface area (Å²) in [5.41, 5.74) is 0.495. The molecule has 2 aromatic carbocycles. The van der Waals surface area contributed by atoms with Crippen molar-refractivity contribution < 1.29 is 22.7 Å². The number of fused-ring (bicyclic) bond motifs is 1. The number of hydrogen-bond acceptors (Lipinski definition) is 6. The highest BCUT2D eigenvalue weighted by Crippen LogP contribution is 2.33. The Hall–Kier alpha value is -2.62. The maximum atomic E-state index is 12.9. The fourth-order valence-electron chi connectivity index (χ4n) is 3.77. The number of carbonyl (C=O) groups is 1. The van der Waals surface area contributed by atoms with Gasteiger partial charge in [-0.1, -0.05) is 19.1 Å². The molecule has 0 aromatic heterocycles.